The summed E-state index contributed by atoms with van der Waals surface area (Å²) in [6, 6.07) is 4.11. The van der Waals surface area contributed by atoms with Crippen molar-refractivity contribution in [1.82, 2.24) is 0 Å². The van der Waals surface area contributed by atoms with E-state index in [1.54, 1.807) is 0 Å². The van der Waals surface area contributed by atoms with Crippen LogP contribution in [-0.4, -0.2) is 18.8 Å². The van der Waals surface area contributed by atoms with Crippen LogP contribution in [0.15, 0.2) is 12.1 Å². The highest BCUT2D eigenvalue weighted by Gasteiger charge is 2.51. The molecule has 1 aliphatic heterocycles. The van der Waals surface area contributed by atoms with Gasteiger partial charge < -0.3 is 4.65 Å². The van der Waals surface area contributed by atoms with Crippen LogP contribution >= 0.6 is 0 Å². The average molecular weight is 270 g/mol. The van der Waals surface area contributed by atoms with E-state index >= 15 is 0 Å². The first-order valence-electron chi connectivity index (χ1n) is 7.63. The third-order valence-corrected chi connectivity index (χ3v) is 5.57. The van der Waals surface area contributed by atoms with Crippen molar-refractivity contribution in [1.29, 1.82) is 0 Å². The maximum atomic E-state index is 11.5. The number of rotatable bonds is 2. The van der Waals surface area contributed by atoms with Crippen LogP contribution in [0.4, 0.5) is 0 Å². The highest BCUT2D eigenvalue weighted by Crippen LogP contribution is 2.45. The fraction of sp³-hybridized carbons (Fsp3) is 0.588. The molecule has 0 radical (unpaired) electrons. The zero-order chi connectivity index (χ0) is 14.5. The molecule has 0 saturated carbocycles. The molecule has 3 rings (SSSR count). The topological polar surface area (TPSA) is 26.3 Å². The molecule has 0 spiro atoms. The van der Waals surface area contributed by atoms with Crippen LogP contribution in [0.3, 0.4) is 0 Å². The Morgan fingerprint density at radius 2 is 1.95 bits per heavy atom. The number of carbonyl (C=O) groups excluding carboxylic acids is 1. The maximum absolute atomic E-state index is 11.5. The fourth-order valence-corrected chi connectivity index (χ4v) is 3.62. The van der Waals surface area contributed by atoms with Crippen LogP contribution in [0.2, 0.25) is 6.32 Å². The van der Waals surface area contributed by atoms with Crippen molar-refractivity contribution >= 4 is 18.7 Å². The molecule has 0 unspecified atom stereocenters. The number of benzene rings is 1. The number of aldehydes is 1. The van der Waals surface area contributed by atoms with Crippen LogP contribution in [0.25, 0.3) is 0 Å². The zero-order valence-corrected chi connectivity index (χ0v) is 13.0. The van der Waals surface area contributed by atoms with Crippen molar-refractivity contribution in [2.45, 2.75) is 58.9 Å². The quantitative estimate of drug-likeness (QED) is 0.610. The Kier molecular flexibility index (Phi) is 3.09. The van der Waals surface area contributed by atoms with Gasteiger partial charge in [-0.15, -0.1) is 0 Å². The Bertz CT molecular complexity index is 544. The van der Waals surface area contributed by atoms with E-state index in [9.17, 15) is 4.79 Å². The van der Waals surface area contributed by atoms with Crippen LogP contribution in [-0.2, 0) is 17.5 Å². The summed E-state index contributed by atoms with van der Waals surface area (Å²) in [6.45, 7) is 8.91. The molecule has 1 aliphatic carbocycles. The summed E-state index contributed by atoms with van der Waals surface area (Å²) in [5, 5.41) is 0. The summed E-state index contributed by atoms with van der Waals surface area (Å²) in [5.74, 6) is 0. The lowest BCUT2D eigenvalue weighted by atomic mass is 9.52. The van der Waals surface area contributed by atoms with Crippen molar-refractivity contribution < 1.29 is 9.45 Å². The van der Waals surface area contributed by atoms with Crippen molar-refractivity contribution in [3.05, 3.63) is 28.8 Å². The van der Waals surface area contributed by atoms with Gasteiger partial charge in [0.1, 0.15) is 6.29 Å². The Morgan fingerprint density at radius 1 is 1.20 bits per heavy atom. The van der Waals surface area contributed by atoms with Gasteiger partial charge in [-0.05, 0) is 61.4 Å². The summed E-state index contributed by atoms with van der Waals surface area (Å²) in [5.41, 5.74) is 4.76. The maximum Gasteiger partial charge on any atom is 0.328 e. The van der Waals surface area contributed by atoms with E-state index in [0.717, 1.165) is 31.0 Å². The molecule has 0 bridgehead atoms. The minimum atomic E-state index is -0.154. The molecule has 2 nitrogen and oxygen atoms in total. The smallest absolute Gasteiger partial charge is 0.328 e. The molecule has 0 aromatic heterocycles. The molecule has 0 N–H and O–H groups in total. The number of fused-ring (bicyclic) bond motifs is 1. The van der Waals surface area contributed by atoms with E-state index in [1.807, 2.05) is 6.07 Å². The van der Waals surface area contributed by atoms with Crippen molar-refractivity contribution in [2.24, 2.45) is 5.41 Å². The lowest BCUT2D eigenvalue weighted by Crippen LogP contribution is -2.38. The Balaban J connectivity index is 2.08. The SMILES string of the molecule is CC1(C)CB(c2c(C=O)ccc3c2CCC3)OC1(C)C. The fourth-order valence-electron chi connectivity index (χ4n) is 3.62. The normalized spacial score (nSPS) is 22.9. The molecule has 0 amide bonds. The second kappa shape index (κ2) is 4.46. The van der Waals surface area contributed by atoms with Crippen LogP contribution in [0, 0.1) is 5.41 Å². The van der Waals surface area contributed by atoms with Crippen molar-refractivity contribution in [3.8, 4) is 0 Å². The number of aryl methyl sites for hydroxylation is 1. The Morgan fingerprint density at radius 3 is 2.55 bits per heavy atom. The second-order valence-corrected chi connectivity index (χ2v) is 7.38. The van der Waals surface area contributed by atoms with Gasteiger partial charge in [-0.25, -0.2) is 0 Å². The summed E-state index contributed by atoms with van der Waals surface area (Å²) in [6.07, 6.45) is 5.41. The summed E-state index contributed by atoms with van der Waals surface area (Å²) in [4.78, 5) is 11.5. The van der Waals surface area contributed by atoms with E-state index in [0.29, 0.717) is 0 Å². The first kappa shape index (κ1) is 13.9. The molecule has 1 fully saturated rings. The summed E-state index contributed by atoms with van der Waals surface area (Å²) in [7, 11) is 0. The third kappa shape index (κ3) is 1.95. The largest absolute Gasteiger partial charge is 0.425 e. The molecule has 20 heavy (non-hydrogen) atoms. The van der Waals surface area contributed by atoms with Gasteiger partial charge in [0.05, 0.1) is 5.60 Å². The molecular formula is C17H23BO2. The van der Waals surface area contributed by atoms with Gasteiger partial charge in [0.2, 0.25) is 0 Å². The van der Waals surface area contributed by atoms with Crippen molar-refractivity contribution in [2.75, 3.05) is 0 Å². The number of hydrogen-bond acceptors (Lipinski definition) is 2. The number of carbonyl (C=O) groups is 1. The molecule has 1 heterocycles. The Labute approximate surface area is 122 Å². The first-order chi connectivity index (χ1) is 9.36. The predicted octanol–water partition coefficient (Wildman–Crippen LogP) is 3.02. The molecule has 1 aromatic carbocycles. The predicted molar refractivity (Wildman–Crippen MR) is 83.0 cm³/mol. The minimum absolute atomic E-state index is 0.0632. The Hall–Kier alpha value is -1.09. The standard InChI is InChI=1S/C17H23BO2/c1-16(2)11-18(20-17(16,3)4)15-13(10-19)9-8-12-6-5-7-14(12)15/h8-10H,5-7,11H2,1-4H3. The molecule has 106 valence electrons. The first-order valence-corrected chi connectivity index (χ1v) is 7.63. The van der Waals surface area contributed by atoms with E-state index in [2.05, 4.69) is 33.8 Å². The highest BCUT2D eigenvalue weighted by molar-refractivity contribution is 6.70. The second-order valence-electron chi connectivity index (χ2n) is 7.38. The van der Waals surface area contributed by atoms with Crippen molar-refractivity contribution in [3.63, 3.8) is 0 Å². The van der Waals surface area contributed by atoms with Gasteiger partial charge in [0.15, 0.2) is 0 Å². The van der Waals surface area contributed by atoms with E-state index in [1.165, 1.54) is 23.0 Å². The van der Waals surface area contributed by atoms with Gasteiger partial charge in [0, 0.05) is 5.56 Å². The lowest BCUT2D eigenvalue weighted by Gasteiger charge is -2.34. The molecular weight excluding hydrogens is 247 g/mol. The van der Waals surface area contributed by atoms with Gasteiger partial charge >= 0.3 is 6.92 Å². The highest BCUT2D eigenvalue weighted by atomic mass is 16.5. The van der Waals surface area contributed by atoms with Gasteiger partial charge in [-0.3, -0.25) is 4.79 Å². The zero-order valence-electron chi connectivity index (χ0n) is 13.0. The lowest BCUT2D eigenvalue weighted by molar-refractivity contribution is 0.0375. The van der Waals surface area contributed by atoms with Crippen LogP contribution in [0.5, 0.6) is 0 Å². The van der Waals surface area contributed by atoms with E-state index in [4.69, 9.17) is 4.65 Å². The monoisotopic (exact) mass is 270 g/mol. The third-order valence-electron chi connectivity index (χ3n) is 5.57. The van der Waals surface area contributed by atoms with Gasteiger partial charge in [-0.1, -0.05) is 26.0 Å². The van der Waals surface area contributed by atoms with E-state index < -0.39 is 0 Å². The molecule has 3 heteroatoms. The molecule has 1 aromatic rings. The minimum Gasteiger partial charge on any atom is -0.425 e. The summed E-state index contributed by atoms with van der Waals surface area (Å²) < 4.78 is 6.36. The van der Waals surface area contributed by atoms with E-state index in [-0.39, 0.29) is 17.9 Å². The van der Waals surface area contributed by atoms with Crippen LogP contribution in [0.1, 0.15) is 55.6 Å². The molecule has 1 saturated heterocycles. The number of hydrogen-bond donors (Lipinski definition) is 0. The summed E-state index contributed by atoms with van der Waals surface area (Å²) >= 11 is 0. The molecule has 0 atom stereocenters. The average Bonchev–Trinajstić information content (AvgIpc) is 2.90. The van der Waals surface area contributed by atoms with Gasteiger partial charge in [0.25, 0.3) is 0 Å². The van der Waals surface area contributed by atoms with Crippen LogP contribution < -0.4 is 5.46 Å². The molecule has 2 aliphatic rings. The van der Waals surface area contributed by atoms with Gasteiger partial charge in [-0.2, -0.15) is 0 Å².